The van der Waals surface area contributed by atoms with E-state index >= 15 is 0 Å². The molecular formula is C18H18N4O3. The van der Waals surface area contributed by atoms with Gasteiger partial charge in [0, 0.05) is 25.7 Å². The normalized spacial score (nSPS) is 11.7. The van der Waals surface area contributed by atoms with Gasteiger partial charge in [-0.15, -0.1) is 0 Å². The zero-order valence-corrected chi connectivity index (χ0v) is 13.7. The molecule has 0 radical (unpaired) electrons. The Morgan fingerprint density at radius 3 is 2.60 bits per heavy atom. The van der Waals surface area contributed by atoms with Gasteiger partial charge >= 0.3 is 0 Å². The highest BCUT2D eigenvalue weighted by Crippen LogP contribution is 2.09. The van der Waals surface area contributed by atoms with E-state index in [4.69, 9.17) is 4.42 Å². The first kappa shape index (κ1) is 16.5. The Hall–Kier alpha value is -3.35. The number of carbonyl (C=O) groups excluding carboxylic acids is 2. The minimum absolute atomic E-state index is 0.156. The van der Waals surface area contributed by atoms with E-state index in [0.29, 0.717) is 12.2 Å². The van der Waals surface area contributed by atoms with Crippen LogP contribution in [-0.2, 0) is 18.3 Å². The Morgan fingerprint density at radius 1 is 1.16 bits per heavy atom. The van der Waals surface area contributed by atoms with Gasteiger partial charge in [-0.2, -0.15) is 5.10 Å². The summed E-state index contributed by atoms with van der Waals surface area (Å²) in [7, 11) is 1.76. The molecule has 0 unspecified atom stereocenters. The SMILES string of the molecule is Cn1ccc(NC(=O)[C@@H](Cc2ccccc2)NC(=O)c2ccco2)n1. The molecule has 7 nitrogen and oxygen atoms in total. The summed E-state index contributed by atoms with van der Waals surface area (Å²) in [5.41, 5.74) is 0.934. The van der Waals surface area contributed by atoms with Crippen LogP contribution in [0.15, 0.2) is 65.4 Å². The van der Waals surface area contributed by atoms with Gasteiger partial charge in [-0.3, -0.25) is 14.3 Å². The number of rotatable bonds is 6. The Bertz CT molecular complexity index is 840. The highest BCUT2D eigenvalue weighted by Gasteiger charge is 2.23. The molecule has 2 amide bonds. The van der Waals surface area contributed by atoms with E-state index in [1.807, 2.05) is 30.3 Å². The highest BCUT2D eigenvalue weighted by atomic mass is 16.3. The smallest absolute Gasteiger partial charge is 0.287 e. The van der Waals surface area contributed by atoms with Crippen molar-refractivity contribution < 1.29 is 14.0 Å². The van der Waals surface area contributed by atoms with E-state index in [-0.39, 0.29) is 11.7 Å². The molecule has 1 aromatic carbocycles. The molecule has 2 N–H and O–H groups in total. The van der Waals surface area contributed by atoms with Gasteiger partial charge in [0.05, 0.1) is 6.26 Å². The summed E-state index contributed by atoms with van der Waals surface area (Å²) in [6.07, 6.45) is 3.49. The van der Waals surface area contributed by atoms with Crippen LogP contribution in [0.1, 0.15) is 16.1 Å². The quantitative estimate of drug-likeness (QED) is 0.719. The lowest BCUT2D eigenvalue weighted by atomic mass is 10.1. The second kappa shape index (κ2) is 7.48. The van der Waals surface area contributed by atoms with Gasteiger partial charge < -0.3 is 15.1 Å². The fourth-order valence-corrected chi connectivity index (χ4v) is 2.39. The molecule has 0 bridgehead atoms. The fourth-order valence-electron chi connectivity index (χ4n) is 2.39. The lowest BCUT2D eigenvalue weighted by Gasteiger charge is -2.17. The molecule has 0 saturated heterocycles. The number of anilines is 1. The number of amides is 2. The summed E-state index contributed by atoms with van der Waals surface area (Å²) in [5.74, 6) is -0.203. The topological polar surface area (TPSA) is 89.2 Å². The molecule has 3 rings (SSSR count). The van der Waals surface area contributed by atoms with E-state index in [0.717, 1.165) is 5.56 Å². The van der Waals surface area contributed by atoms with Crippen LogP contribution in [0, 0.1) is 0 Å². The third-order valence-corrected chi connectivity index (χ3v) is 3.61. The maximum atomic E-state index is 12.6. The number of benzene rings is 1. The zero-order chi connectivity index (χ0) is 17.6. The van der Waals surface area contributed by atoms with Crippen LogP contribution in [0.4, 0.5) is 5.82 Å². The second-order valence-corrected chi connectivity index (χ2v) is 5.56. The maximum absolute atomic E-state index is 12.6. The lowest BCUT2D eigenvalue weighted by molar-refractivity contribution is -0.118. The van der Waals surface area contributed by atoms with Gasteiger partial charge in [-0.1, -0.05) is 30.3 Å². The monoisotopic (exact) mass is 338 g/mol. The molecule has 1 atom stereocenters. The van der Waals surface area contributed by atoms with Gasteiger partial charge in [0.2, 0.25) is 5.91 Å². The van der Waals surface area contributed by atoms with Crippen molar-refractivity contribution in [1.29, 1.82) is 0 Å². The fraction of sp³-hybridized carbons (Fsp3) is 0.167. The Balaban J connectivity index is 1.75. The number of hydrogen-bond donors (Lipinski definition) is 2. The minimum atomic E-state index is -0.762. The lowest BCUT2D eigenvalue weighted by Crippen LogP contribution is -2.45. The molecule has 25 heavy (non-hydrogen) atoms. The molecule has 128 valence electrons. The van der Waals surface area contributed by atoms with Gasteiger partial charge in [0.15, 0.2) is 11.6 Å². The van der Waals surface area contributed by atoms with Crippen molar-refractivity contribution in [2.24, 2.45) is 7.05 Å². The van der Waals surface area contributed by atoms with Gasteiger partial charge in [0.25, 0.3) is 5.91 Å². The largest absolute Gasteiger partial charge is 0.459 e. The summed E-state index contributed by atoms with van der Waals surface area (Å²) < 4.78 is 6.67. The molecule has 0 fully saturated rings. The summed E-state index contributed by atoms with van der Waals surface area (Å²) in [6.45, 7) is 0. The van der Waals surface area contributed by atoms with Crippen molar-refractivity contribution in [3.63, 3.8) is 0 Å². The van der Waals surface area contributed by atoms with E-state index in [9.17, 15) is 9.59 Å². The van der Waals surface area contributed by atoms with Crippen LogP contribution in [0.3, 0.4) is 0 Å². The van der Waals surface area contributed by atoms with Crippen molar-refractivity contribution in [1.82, 2.24) is 15.1 Å². The molecule has 0 aliphatic carbocycles. The van der Waals surface area contributed by atoms with Crippen LogP contribution in [0.25, 0.3) is 0 Å². The summed E-state index contributed by atoms with van der Waals surface area (Å²) in [4.78, 5) is 24.9. The Labute approximate surface area is 144 Å². The molecule has 0 spiro atoms. The maximum Gasteiger partial charge on any atom is 0.287 e. The van der Waals surface area contributed by atoms with Crippen LogP contribution in [0.5, 0.6) is 0 Å². The standard InChI is InChI=1S/C18H18N4O3/c1-22-10-9-16(21-22)20-17(23)14(12-13-6-3-2-4-7-13)19-18(24)15-8-5-11-25-15/h2-11,14H,12H2,1H3,(H,19,24)(H,20,21,23)/t14-/m1/s1. The van der Waals surface area contributed by atoms with Crippen molar-refractivity contribution in [3.8, 4) is 0 Å². The summed E-state index contributed by atoms with van der Waals surface area (Å²) in [5, 5.41) is 9.56. The average molecular weight is 338 g/mol. The highest BCUT2D eigenvalue weighted by molar-refractivity contribution is 5.99. The van der Waals surface area contributed by atoms with Crippen molar-refractivity contribution >= 4 is 17.6 Å². The van der Waals surface area contributed by atoms with Crippen molar-refractivity contribution in [3.05, 3.63) is 72.3 Å². The molecule has 2 heterocycles. The first-order valence-electron chi connectivity index (χ1n) is 7.80. The minimum Gasteiger partial charge on any atom is -0.459 e. The molecule has 0 aliphatic heterocycles. The Morgan fingerprint density at radius 2 is 1.96 bits per heavy atom. The first-order chi connectivity index (χ1) is 12.1. The average Bonchev–Trinajstić information content (AvgIpc) is 3.27. The molecule has 0 aliphatic rings. The summed E-state index contributed by atoms with van der Waals surface area (Å²) >= 11 is 0. The third kappa shape index (κ3) is 4.35. The number of hydrogen-bond acceptors (Lipinski definition) is 4. The predicted molar refractivity (Wildman–Crippen MR) is 91.9 cm³/mol. The van der Waals surface area contributed by atoms with Crippen LogP contribution >= 0.6 is 0 Å². The van der Waals surface area contributed by atoms with Gasteiger partial charge in [-0.25, -0.2) is 0 Å². The van der Waals surface area contributed by atoms with E-state index in [2.05, 4.69) is 15.7 Å². The first-order valence-corrected chi connectivity index (χ1v) is 7.80. The van der Waals surface area contributed by atoms with Gasteiger partial charge in [-0.05, 0) is 17.7 Å². The molecule has 0 saturated carbocycles. The number of nitrogens with one attached hydrogen (secondary N) is 2. The molecule has 3 aromatic rings. The third-order valence-electron chi connectivity index (χ3n) is 3.61. The zero-order valence-electron chi connectivity index (χ0n) is 13.7. The molecule has 2 aromatic heterocycles. The predicted octanol–water partition coefficient (Wildman–Crippen LogP) is 1.99. The number of aromatic nitrogens is 2. The van der Waals surface area contributed by atoms with Crippen molar-refractivity contribution in [2.45, 2.75) is 12.5 Å². The van der Waals surface area contributed by atoms with Crippen molar-refractivity contribution in [2.75, 3.05) is 5.32 Å². The van der Waals surface area contributed by atoms with E-state index in [1.165, 1.54) is 6.26 Å². The van der Waals surface area contributed by atoms with E-state index in [1.54, 1.807) is 36.1 Å². The van der Waals surface area contributed by atoms with Crippen LogP contribution in [0.2, 0.25) is 0 Å². The number of aryl methyl sites for hydroxylation is 1. The van der Waals surface area contributed by atoms with E-state index < -0.39 is 11.9 Å². The Kier molecular flexibility index (Phi) is 4.94. The molecular weight excluding hydrogens is 320 g/mol. The van der Waals surface area contributed by atoms with Gasteiger partial charge in [0.1, 0.15) is 6.04 Å². The number of nitrogens with zero attached hydrogens (tertiary/aromatic N) is 2. The van der Waals surface area contributed by atoms with Crippen LogP contribution < -0.4 is 10.6 Å². The summed E-state index contributed by atoms with van der Waals surface area (Å²) in [6, 6.07) is 13.6. The van der Waals surface area contributed by atoms with Crippen LogP contribution in [-0.4, -0.2) is 27.6 Å². The number of furan rings is 1. The second-order valence-electron chi connectivity index (χ2n) is 5.56. The number of carbonyl (C=O) groups is 2. The molecule has 7 heteroatoms.